The molecule has 4 heteroatoms. The second-order valence-corrected chi connectivity index (χ2v) is 10.7. The van der Waals surface area contributed by atoms with Crippen molar-refractivity contribution in [3.8, 4) is 0 Å². The number of hydrogen-bond acceptors (Lipinski definition) is 2. The highest BCUT2D eigenvalue weighted by molar-refractivity contribution is 6.02. The maximum Gasteiger partial charge on any atom is 0.322 e. The summed E-state index contributed by atoms with van der Waals surface area (Å²) in [5, 5.41) is 8.13. The van der Waals surface area contributed by atoms with E-state index in [2.05, 4.69) is 97.7 Å². The number of para-hydroxylation sites is 1. The Balaban J connectivity index is 1.46. The highest BCUT2D eigenvalue weighted by Gasteiger charge is 2.21. The number of nitrogens with one attached hydrogen (secondary N) is 1. The number of carbonyl (C=O) groups excluding carboxylic acids is 1. The van der Waals surface area contributed by atoms with E-state index >= 15 is 0 Å². The molecule has 0 radical (unpaired) electrons. The summed E-state index contributed by atoms with van der Waals surface area (Å²) in [6.07, 6.45) is 4.85. The van der Waals surface area contributed by atoms with Gasteiger partial charge in [-0.2, -0.15) is 0 Å². The van der Waals surface area contributed by atoms with Crippen LogP contribution < -0.4 is 5.32 Å². The smallest absolute Gasteiger partial charge is 0.320 e. The number of piperidine rings is 1. The van der Waals surface area contributed by atoms with E-state index in [1.54, 1.807) is 0 Å². The lowest BCUT2D eigenvalue weighted by atomic mass is 9.96. The molecular weight excluding hydrogens is 454 g/mol. The van der Waals surface area contributed by atoms with Crippen LogP contribution in [0.4, 0.5) is 10.5 Å². The Bertz CT molecular complexity index is 1320. The zero-order valence-electron chi connectivity index (χ0n) is 22.5. The molecule has 1 N–H and O–H groups in total. The molecule has 1 saturated heterocycles. The first-order valence-electron chi connectivity index (χ1n) is 13.8. The lowest BCUT2D eigenvalue weighted by molar-refractivity contribution is 0.150. The summed E-state index contributed by atoms with van der Waals surface area (Å²) < 4.78 is 0. The number of amides is 2. The summed E-state index contributed by atoms with van der Waals surface area (Å²) in [5.74, 6) is 0. The zero-order chi connectivity index (χ0) is 25.8. The third-order valence-corrected chi connectivity index (χ3v) is 8.05. The second kappa shape index (κ2) is 11.4. The van der Waals surface area contributed by atoms with E-state index < -0.39 is 0 Å². The molecule has 0 aromatic heterocycles. The van der Waals surface area contributed by atoms with Gasteiger partial charge >= 0.3 is 6.03 Å². The molecule has 37 heavy (non-hydrogen) atoms. The molecule has 1 aliphatic heterocycles. The van der Waals surface area contributed by atoms with Crippen LogP contribution >= 0.6 is 0 Å². The second-order valence-electron chi connectivity index (χ2n) is 10.7. The van der Waals surface area contributed by atoms with Gasteiger partial charge in [-0.15, -0.1) is 0 Å². The molecule has 1 heterocycles. The van der Waals surface area contributed by atoms with Crippen molar-refractivity contribution in [1.29, 1.82) is 0 Å². The van der Waals surface area contributed by atoms with Crippen LogP contribution in [0.2, 0.25) is 0 Å². The molecule has 1 fully saturated rings. The molecule has 0 aliphatic carbocycles. The number of urea groups is 1. The van der Waals surface area contributed by atoms with Crippen molar-refractivity contribution >= 4 is 33.3 Å². The molecule has 5 rings (SSSR count). The van der Waals surface area contributed by atoms with Gasteiger partial charge in [0.2, 0.25) is 0 Å². The fourth-order valence-electron chi connectivity index (χ4n) is 5.87. The Kier molecular flexibility index (Phi) is 7.76. The number of hydrogen-bond donors (Lipinski definition) is 1. The van der Waals surface area contributed by atoms with Crippen molar-refractivity contribution in [2.75, 3.05) is 25.0 Å². The van der Waals surface area contributed by atoms with Gasteiger partial charge in [-0.1, -0.05) is 73.2 Å². The van der Waals surface area contributed by atoms with Gasteiger partial charge < -0.3 is 15.1 Å². The maximum atomic E-state index is 13.8. The average Bonchev–Trinajstić information content (AvgIpc) is 2.90. The summed E-state index contributed by atoms with van der Waals surface area (Å²) in [7, 11) is 0. The minimum Gasteiger partial charge on any atom is -0.320 e. The summed E-state index contributed by atoms with van der Waals surface area (Å²) >= 11 is 0. The first-order valence-corrected chi connectivity index (χ1v) is 13.8. The Morgan fingerprint density at radius 1 is 0.919 bits per heavy atom. The summed E-state index contributed by atoms with van der Waals surface area (Å²) in [6.45, 7) is 9.96. The molecule has 192 valence electrons. The number of rotatable bonds is 7. The van der Waals surface area contributed by atoms with Gasteiger partial charge in [-0.3, -0.25) is 0 Å². The summed E-state index contributed by atoms with van der Waals surface area (Å²) in [4.78, 5) is 18.5. The highest BCUT2D eigenvalue weighted by Crippen LogP contribution is 2.30. The van der Waals surface area contributed by atoms with Crippen molar-refractivity contribution in [1.82, 2.24) is 9.80 Å². The van der Waals surface area contributed by atoms with Gasteiger partial charge in [0.15, 0.2) is 0 Å². The number of likely N-dealkylation sites (tertiary alicyclic amines) is 1. The summed E-state index contributed by atoms with van der Waals surface area (Å²) in [6, 6.07) is 26.1. The number of anilines is 1. The number of benzene rings is 4. The topological polar surface area (TPSA) is 35.6 Å². The van der Waals surface area contributed by atoms with Crippen LogP contribution in [0.1, 0.15) is 49.3 Å². The molecule has 2 amide bonds. The first kappa shape index (κ1) is 25.3. The quantitative estimate of drug-likeness (QED) is 0.266. The summed E-state index contributed by atoms with van der Waals surface area (Å²) in [5.41, 5.74) is 4.32. The van der Waals surface area contributed by atoms with Crippen LogP contribution in [-0.2, 0) is 6.54 Å². The third kappa shape index (κ3) is 5.65. The Hall–Kier alpha value is -3.37. The number of fused-ring (bicyclic) bond motifs is 2. The molecule has 0 saturated carbocycles. The van der Waals surface area contributed by atoms with E-state index in [9.17, 15) is 4.79 Å². The minimum atomic E-state index is -0.0268. The molecule has 1 atom stereocenters. The van der Waals surface area contributed by atoms with Gasteiger partial charge in [0.1, 0.15) is 0 Å². The maximum absolute atomic E-state index is 13.8. The Labute approximate surface area is 221 Å². The SMILES string of the molecule is Cc1cccc(C)c1NC(=O)N(CCCN1CCCCC1C)Cc1c2ccccc2cc2ccccc12. The average molecular weight is 494 g/mol. The van der Waals surface area contributed by atoms with E-state index in [0.29, 0.717) is 12.6 Å². The van der Waals surface area contributed by atoms with Crippen LogP contribution in [0, 0.1) is 13.8 Å². The predicted octanol–water partition coefficient (Wildman–Crippen LogP) is 7.91. The monoisotopic (exact) mass is 493 g/mol. The number of nitrogens with zero attached hydrogens (tertiary/aromatic N) is 2. The van der Waals surface area contributed by atoms with Crippen LogP contribution in [0.25, 0.3) is 21.5 Å². The third-order valence-electron chi connectivity index (χ3n) is 8.05. The molecule has 0 spiro atoms. The van der Waals surface area contributed by atoms with Crippen molar-refractivity contribution in [2.24, 2.45) is 0 Å². The Morgan fingerprint density at radius 3 is 2.22 bits per heavy atom. The lowest BCUT2D eigenvalue weighted by Crippen LogP contribution is -2.41. The van der Waals surface area contributed by atoms with E-state index in [0.717, 1.165) is 36.3 Å². The standard InChI is InChI=1S/C33H39N3O/c1-24-12-10-13-25(2)32(24)34-33(37)36(21-11-20-35-19-9-8-14-26(35)3)23-31-29-17-6-4-15-27(29)22-28-16-5-7-18-30(28)31/h4-7,10,12-13,15-18,22,26H,8-9,11,14,19-21,23H2,1-3H3,(H,34,37). The molecule has 4 aromatic carbocycles. The normalized spacial score (nSPS) is 16.2. The van der Waals surface area contributed by atoms with Crippen molar-refractivity contribution in [3.05, 3.63) is 89.5 Å². The fraction of sp³-hybridized carbons (Fsp3) is 0.364. The van der Waals surface area contributed by atoms with Crippen LogP contribution in [0.15, 0.2) is 72.8 Å². The predicted molar refractivity (Wildman–Crippen MR) is 156 cm³/mol. The van der Waals surface area contributed by atoms with E-state index in [4.69, 9.17) is 0 Å². The van der Waals surface area contributed by atoms with Crippen LogP contribution in [0.3, 0.4) is 0 Å². The Morgan fingerprint density at radius 2 is 1.57 bits per heavy atom. The highest BCUT2D eigenvalue weighted by atomic mass is 16.2. The van der Waals surface area contributed by atoms with E-state index in [1.807, 2.05) is 11.0 Å². The van der Waals surface area contributed by atoms with E-state index in [1.165, 1.54) is 52.9 Å². The van der Waals surface area contributed by atoms with Crippen LogP contribution in [0.5, 0.6) is 0 Å². The lowest BCUT2D eigenvalue weighted by Gasteiger charge is -2.34. The molecule has 4 nitrogen and oxygen atoms in total. The number of carbonyl (C=O) groups is 1. The van der Waals surface area contributed by atoms with Crippen LogP contribution in [-0.4, -0.2) is 41.5 Å². The van der Waals surface area contributed by atoms with Gasteiger partial charge in [0, 0.05) is 31.4 Å². The number of aryl methyl sites for hydroxylation is 2. The van der Waals surface area contributed by atoms with Gasteiger partial charge in [0.05, 0.1) is 0 Å². The zero-order valence-corrected chi connectivity index (χ0v) is 22.5. The van der Waals surface area contributed by atoms with E-state index in [-0.39, 0.29) is 6.03 Å². The van der Waals surface area contributed by atoms with Gasteiger partial charge in [-0.25, -0.2) is 4.79 Å². The minimum absolute atomic E-state index is 0.0268. The van der Waals surface area contributed by atoms with Crippen molar-refractivity contribution in [2.45, 2.75) is 59.0 Å². The van der Waals surface area contributed by atoms with Gasteiger partial charge in [0.25, 0.3) is 0 Å². The van der Waals surface area contributed by atoms with Crippen molar-refractivity contribution in [3.63, 3.8) is 0 Å². The van der Waals surface area contributed by atoms with Gasteiger partial charge in [-0.05, 0) is 90.9 Å². The fourth-order valence-corrected chi connectivity index (χ4v) is 5.87. The molecule has 1 aliphatic rings. The molecule has 0 bridgehead atoms. The van der Waals surface area contributed by atoms with Crippen molar-refractivity contribution < 1.29 is 4.79 Å². The molecular formula is C33H39N3O. The first-order chi connectivity index (χ1) is 18.0. The molecule has 1 unspecified atom stereocenters. The largest absolute Gasteiger partial charge is 0.322 e. The molecule has 4 aromatic rings.